The van der Waals surface area contributed by atoms with Gasteiger partial charge in [0.25, 0.3) is 0 Å². The first-order valence-electron chi connectivity index (χ1n) is 6.91. The highest BCUT2D eigenvalue weighted by atomic mass is 35.5. The molecule has 0 aromatic heterocycles. The molecule has 1 aliphatic carbocycles. The number of benzene rings is 1. The van der Waals surface area contributed by atoms with Gasteiger partial charge in [-0.3, -0.25) is 9.59 Å². The number of amides is 1. The van der Waals surface area contributed by atoms with Crippen LogP contribution >= 0.6 is 11.6 Å². The predicted molar refractivity (Wildman–Crippen MR) is 79.8 cm³/mol. The van der Waals surface area contributed by atoms with E-state index in [2.05, 4.69) is 5.32 Å². The Morgan fingerprint density at radius 2 is 1.86 bits per heavy atom. The lowest BCUT2D eigenvalue weighted by Gasteiger charge is -2.35. The summed E-state index contributed by atoms with van der Waals surface area (Å²) in [5, 5.41) is 22.6. The van der Waals surface area contributed by atoms with E-state index in [9.17, 15) is 19.8 Å². The number of aliphatic carboxylic acids is 1. The molecule has 2 rings (SSSR count). The highest BCUT2D eigenvalue weighted by molar-refractivity contribution is 6.32. The molecule has 1 amide bonds. The molecule has 3 N–H and O–H groups in total. The van der Waals surface area contributed by atoms with Gasteiger partial charge in [0.15, 0.2) is 0 Å². The molecule has 0 heterocycles. The maximum atomic E-state index is 11.9. The predicted octanol–water partition coefficient (Wildman–Crippen LogP) is 3.29. The number of carboxylic acid groups (broad SMARTS) is 1. The smallest absolute Gasteiger partial charge is 0.314 e. The highest BCUT2D eigenvalue weighted by Crippen LogP contribution is 2.48. The number of anilines is 1. The minimum Gasteiger partial charge on any atom is -0.506 e. The maximum absolute atomic E-state index is 11.9. The van der Waals surface area contributed by atoms with Crippen molar-refractivity contribution >= 4 is 29.2 Å². The molecule has 21 heavy (non-hydrogen) atoms. The van der Waals surface area contributed by atoms with Crippen LogP contribution in [0.2, 0.25) is 5.02 Å². The third-order valence-corrected chi connectivity index (χ3v) is 4.34. The number of rotatable bonds is 3. The number of carbonyl (C=O) groups excluding carboxylic acids is 1. The second-order valence-electron chi connectivity index (χ2n) is 5.45. The average molecular weight is 312 g/mol. The number of hydrogen-bond donors (Lipinski definition) is 3. The van der Waals surface area contributed by atoms with Gasteiger partial charge in [-0.05, 0) is 25.0 Å². The Morgan fingerprint density at radius 1 is 1.24 bits per heavy atom. The molecule has 114 valence electrons. The number of phenolic OH excluding ortho intramolecular Hbond substituents is 1. The molecule has 0 bridgehead atoms. The van der Waals surface area contributed by atoms with Gasteiger partial charge < -0.3 is 15.5 Å². The van der Waals surface area contributed by atoms with E-state index in [1.165, 1.54) is 19.1 Å². The first-order chi connectivity index (χ1) is 9.88. The normalized spacial score (nSPS) is 17.2. The average Bonchev–Trinajstić information content (AvgIpc) is 2.43. The summed E-state index contributed by atoms with van der Waals surface area (Å²) < 4.78 is 0. The van der Waals surface area contributed by atoms with Crippen molar-refractivity contribution in [3.63, 3.8) is 0 Å². The zero-order chi connectivity index (χ0) is 15.6. The van der Waals surface area contributed by atoms with E-state index in [1.807, 2.05) is 0 Å². The van der Waals surface area contributed by atoms with Crippen LogP contribution in [-0.2, 0) is 15.0 Å². The lowest BCUT2D eigenvalue weighted by molar-refractivity contribution is -0.145. The molecule has 0 spiro atoms. The molecule has 0 unspecified atom stereocenters. The van der Waals surface area contributed by atoms with Gasteiger partial charge in [0, 0.05) is 17.5 Å². The van der Waals surface area contributed by atoms with E-state index in [4.69, 9.17) is 11.6 Å². The summed E-state index contributed by atoms with van der Waals surface area (Å²) in [6.07, 6.45) is 3.41. The summed E-state index contributed by atoms with van der Waals surface area (Å²) in [7, 11) is 0. The molecule has 0 aliphatic heterocycles. The molecule has 0 radical (unpaired) electrons. The Balaban J connectivity index is 2.66. The monoisotopic (exact) mass is 311 g/mol. The number of carbonyl (C=O) groups is 2. The van der Waals surface area contributed by atoms with Crippen molar-refractivity contribution < 1.29 is 19.8 Å². The van der Waals surface area contributed by atoms with Crippen LogP contribution in [0.15, 0.2) is 12.1 Å². The molecule has 0 saturated heterocycles. The van der Waals surface area contributed by atoms with Gasteiger partial charge in [-0.15, -0.1) is 0 Å². The molecule has 1 saturated carbocycles. The summed E-state index contributed by atoms with van der Waals surface area (Å²) >= 11 is 6.23. The SMILES string of the molecule is CC(=O)Nc1c(O)ccc(Cl)c1C1(C(=O)O)CCCCC1. The van der Waals surface area contributed by atoms with Gasteiger partial charge in [0.05, 0.1) is 11.1 Å². The number of carboxylic acids is 1. The zero-order valence-electron chi connectivity index (χ0n) is 11.8. The minimum atomic E-state index is -1.16. The molecular formula is C15H18ClNO4. The third kappa shape index (κ3) is 2.83. The second-order valence-corrected chi connectivity index (χ2v) is 5.85. The Bertz CT molecular complexity index is 579. The van der Waals surface area contributed by atoms with Crippen LogP contribution in [0.25, 0.3) is 0 Å². The molecule has 6 heteroatoms. The fraction of sp³-hybridized carbons (Fsp3) is 0.467. The first-order valence-corrected chi connectivity index (χ1v) is 7.29. The van der Waals surface area contributed by atoms with Crippen LogP contribution in [-0.4, -0.2) is 22.1 Å². The van der Waals surface area contributed by atoms with Crippen LogP contribution in [0.5, 0.6) is 5.75 Å². The van der Waals surface area contributed by atoms with Gasteiger partial charge in [-0.1, -0.05) is 30.9 Å². The zero-order valence-corrected chi connectivity index (χ0v) is 12.5. The number of nitrogens with one attached hydrogen (secondary N) is 1. The van der Waals surface area contributed by atoms with Gasteiger partial charge in [0.2, 0.25) is 5.91 Å². The highest BCUT2D eigenvalue weighted by Gasteiger charge is 2.45. The number of hydrogen-bond acceptors (Lipinski definition) is 3. The largest absolute Gasteiger partial charge is 0.506 e. The standard InChI is InChI=1S/C15H18ClNO4/c1-9(18)17-13-11(19)6-5-10(16)12(13)15(14(20)21)7-3-2-4-8-15/h5-6,19H,2-4,7-8H2,1H3,(H,17,18)(H,20,21). The molecule has 1 aromatic carbocycles. The summed E-state index contributed by atoms with van der Waals surface area (Å²) in [5.41, 5.74) is -0.739. The Kier molecular flexibility index (Phi) is 4.42. The van der Waals surface area contributed by atoms with Crippen LogP contribution < -0.4 is 5.32 Å². The van der Waals surface area contributed by atoms with Gasteiger partial charge in [0.1, 0.15) is 5.75 Å². The molecule has 0 atom stereocenters. The fourth-order valence-electron chi connectivity index (χ4n) is 3.06. The Labute approximate surface area is 127 Å². The number of aromatic hydroxyl groups is 1. The van der Waals surface area contributed by atoms with E-state index in [0.29, 0.717) is 18.4 Å². The van der Waals surface area contributed by atoms with Crippen molar-refractivity contribution in [1.82, 2.24) is 0 Å². The summed E-state index contributed by atoms with van der Waals surface area (Å²) in [4.78, 5) is 23.3. The summed E-state index contributed by atoms with van der Waals surface area (Å²) in [6, 6.07) is 2.83. The van der Waals surface area contributed by atoms with E-state index in [0.717, 1.165) is 19.3 Å². The minimum absolute atomic E-state index is 0.110. The molecular weight excluding hydrogens is 294 g/mol. The summed E-state index contributed by atoms with van der Waals surface area (Å²) in [6.45, 7) is 1.30. The van der Waals surface area contributed by atoms with Crippen molar-refractivity contribution in [1.29, 1.82) is 0 Å². The van der Waals surface area contributed by atoms with Gasteiger partial charge >= 0.3 is 5.97 Å². The molecule has 5 nitrogen and oxygen atoms in total. The number of halogens is 1. The molecule has 1 aliphatic rings. The van der Waals surface area contributed by atoms with Crippen molar-refractivity contribution in [2.45, 2.75) is 44.4 Å². The molecule has 1 fully saturated rings. The van der Waals surface area contributed by atoms with Crippen molar-refractivity contribution in [2.24, 2.45) is 0 Å². The lowest BCUT2D eigenvalue weighted by Crippen LogP contribution is -2.39. The Hall–Kier alpha value is -1.75. The van der Waals surface area contributed by atoms with Gasteiger partial charge in [-0.2, -0.15) is 0 Å². The van der Waals surface area contributed by atoms with E-state index in [1.54, 1.807) is 0 Å². The first kappa shape index (κ1) is 15.6. The fourth-order valence-corrected chi connectivity index (χ4v) is 3.40. The maximum Gasteiger partial charge on any atom is 0.314 e. The van der Waals surface area contributed by atoms with E-state index >= 15 is 0 Å². The molecule has 1 aromatic rings. The van der Waals surface area contributed by atoms with Crippen molar-refractivity contribution in [3.05, 3.63) is 22.7 Å². The Morgan fingerprint density at radius 3 is 2.38 bits per heavy atom. The lowest BCUT2D eigenvalue weighted by atomic mass is 9.68. The van der Waals surface area contributed by atoms with Crippen molar-refractivity contribution in [2.75, 3.05) is 5.32 Å². The third-order valence-electron chi connectivity index (χ3n) is 4.03. The van der Waals surface area contributed by atoms with Crippen LogP contribution in [0, 0.1) is 0 Å². The number of phenols is 1. The van der Waals surface area contributed by atoms with Crippen molar-refractivity contribution in [3.8, 4) is 5.75 Å². The van der Waals surface area contributed by atoms with E-state index < -0.39 is 11.4 Å². The van der Waals surface area contributed by atoms with E-state index in [-0.39, 0.29) is 22.4 Å². The van der Waals surface area contributed by atoms with Crippen LogP contribution in [0.1, 0.15) is 44.6 Å². The quantitative estimate of drug-likeness (QED) is 0.748. The second kappa shape index (κ2) is 5.93. The summed E-state index contributed by atoms with van der Waals surface area (Å²) in [5.74, 6) is -1.53. The van der Waals surface area contributed by atoms with Gasteiger partial charge in [-0.25, -0.2) is 0 Å². The topological polar surface area (TPSA) is 86.6 Å². The van der Waals surface area contributed by atoms with Crippen LogP contribution in [0.4, 0.5) is 5.69 Å². The van der Waals surface area contributed by atoms with Crippen LogP contribution in [0.3, 0.4) is 0 Å².